The van der Waals surface area contributed by atoms with Crippen LogP contribution in [0.4, 0.5) is 0 Å². The standard InChI is InChI=1S/C17H23N3/c1-4-13-6-7-15(20-11-13)10-17(18-3)16-8-9-19-12-14(16)5-2/h6-9,11-12,17-18H,4-5,10H2,1-3H3. The Kier molecular flexibility index (Phi) is 5.24. The molecular formula is C17H23N3. The molecule has 0 aliphatic heterocycles. The molecule has 2 aromatic rings. The third kappa shape index (κ3) is 3.42. The van der Waals surface area contributed by atoms with Crippen molar-refractivity contribution < 1.29 is 0 Å². The van der Waals surface area contributed by atoms with Gasteiger partial charge >= 0.3 is 0 Å². The molecule has 0 saturated carbocycles. The number of hydrogen-bond acceptors (Lipinski definition) is 3. The Morgan fingerprint density at radius 2 is 1.95 bits per heavy atom. The van der Waals surface area contributed by atoms with Crippen LogP contribution >= 0.6 is 0 Å². The lowest BCUT2D eigenvalue weighted by molar-refractivity contribution is 0.578. The molecule has 106 valence electrons. The van der Waals surface area contributed by atoms with E-state index in [-0.39, 0.29) is 6.04 Å². The molecule has 0 radical (unpaired) electrons. The first kappa shape index (κ1) is 14.7. The Hall–Kier alpha value is -1.74. The molecule has 1 atom stereocenters. The number of nitrogens with zero attached hydrogens (tertiary/aromatic N) is 2. The molecule has 0 fully saturated rings. The quantitative estimate of drug-likeness (QED) is 0.875. The normalized spacial score (nSPS) is 12.3. The molecule has 1 N–H and O–H groups in total. The van der Waals surface area contributed by atoms with E-state index in [1.54, 1.807) is 0 Å². The number of aryl methyl sites for hydroxylation is 2. The van der Waals surface area contributed by atoms with E-state index in [0.29, 0.717) is 0 Å². The van der Waals surface area contributed by atoms with Gasteiger partial charge in [0.05, 0.1) is 0 Å². The molecule has 2 rings (SSSR count). The average molecular weight is 269 g/mol. The van der Waals surface area contributed by atoms with Gasteiger partial charge in [0.15, 0.2) is 0 Å². The second-order valence-electron chi connectivity index (χ2n) is 4.98. The first-order valence-corrected chi connectivity index (χ1v) is 7.32. The summed E-state index contributed by atoms with van der Waals surface area (Å²) in [6, 6.07) is 6.70. The summed E-state index contributed by atoms with van der Waals surface area (Å²) in [4.78, 5) is 8.78. The lowest BCUT2D eigenvalue weighted by atomic mass is 9.97. The molecule has 2 aromatic heterocycles. The summed E-state index contributed by atoms with van der Waals surface area (Å²) >= 11 is 0. The molecule has 0 saturated heterocycles. The number of nitrogens with one attached hydrogen (secondary N) is 1. The highest BCUT2D eigenvalue weighted by molar-refractivity contribution is 5.28. The van der Waals surface area contributed by atoms with Crippen molar-refractivity contribution in [1.82, 2.24) is 15.3 Å². The highest BCUT2D eigenvalue weighted by Gasteiger charge is 2.14. The minimum Gasteiger partial charge on any atom is -0.313 e. The highest BCUT2D eigenvalue weighted by Crippen LogP contribution is 2.21. The van der Waals surface area contributed by atoms with Crippen LogP contribution < -0.4 is 5.32 Å². The van der Waals surface area contributed by atoms with Crippen molar-refractivity contribution in [2.45, 2.75) is 39.2 Å². The lowest BCUT2D eigenvalue weighted by Crippen LogP contribution is -2.21. The second kappa shape index (κ2) is 7.15. The zero-order valence-corrected chi connectivity index (χ0v) is 12.6. The van der Waals surface area contributed by atoms with Crippen LogP contribution in [-0.2, 0) is 19.3 Å². The predicted octanol–water partition coefficient (Wildman–Crippen LogP) is 3.10. The van der Waals surface area contributed by atoms with E-state index in [0.717, 1.165) is 25.0 Å². The van der Waals surface area contributed by atoms with Crippen LogP contribution in [0.3, 0.4) is 0 Å². The Labute approximate surface area is 121 Å². The van der Waals surface area contributed by atoms with Gasteiger partial charge in [0.2, 0.25) is 0 Å². The van der Waals surface area contributed by atoms with Gasteiger partial charge in [-0.2, -0.15) is 0 Å². The highest BCUT2D eigenvalue weighted by atomic mass is 14.9. The summed E-state index contributed by atoms with van der Waals surface area (Å²) in [6.45, 7) is 4.32. The number of pyridine rings is 2. The van der Waals surface area contributed by atoms with Crippen molar-refractivity contribution in [3.63, 3.8) is 0 Å². The van der Waals surface area contributed by atoms with Gasteiger partial charge in [-0.3, -0.25) is 9.97 Å². The maximum absolute atomic E-state index is 4.56. The average Bonchev–Trinajstić information content (AvgIpc) is 2.53. The predicted molar refractivity (Wildman–Crippen MR) is 82.7 cm³/mol. The molecule has 1 unspecified atom stereocenters. The van der Waals surface area contributed by atoms with Crippen molar-refractivity contribution in [2.24, 2.45) is 0 Å². The summed E-state index contributed by atoms with van der Waals surface area (Å²) in [5.74, 6) is 0. The van der Waals surface area contributed by atoms with E-state index in [2.05, 4.69) is 47.3 Å². The van der Waals surface area contributed by atoms with Gasteiger partial charge in [-0.1, -0.05) is 19.9 Å². The van der Waals surface area contributed by atoms with Crippen molar-refractivity contribution in [3.8, 4) is 0 Å². The second-order valence-corrected chi connectivity index (χ2v) is 4.98. The minimum atomic E-state index is 0.285. The molecule has 0 aromatic carbocycles. The van der Waals surface area contributed by atoms with E-state index in [9.17, 15) is 0 Å². The summed E-state index contributed by atoms with van der Waals surface area (Å²) in [6.07, 6.45) is 8.75. The van der Waals surface area contributed by atoms with Gasteiger partial charge in [0.25, 0.3) is 0 Å². The van der Waals surface area contributed by atoms with E-state index in [1.807, 2.05) is 25.6 Å². The zero-order valence-electron chi connectivity index (χ0n) is 12.6. The number of rotatable bonds is 6. The van der Waals surface area contributed by atoms with Crippen LogP contribution in [0.15, 0.2) is 36.8 Å². The Morgan fingerprint density at radius 3 is 2.55 bits per heavy atom. The van der Waals surface area contributed by atoms with Crippen LogP contribution in [-0.4, -0.2) is 17.0 Å². The molecule has 3 heteroatoms. The SMILES string of the molecule is CCc1ccc(CC(NC)c2ccncc2CC)nc1. The molecule has 20 heavy (non-hydrogen) atoms. The van der Waals surface area contributed by atoms with Crippen LogP contribution in [0.25, 0.3) is 0 Å². The molecule has 0 aliphatic carbocycles. The third-order valence-electron chi connectivity index (χ3n) is 3.75. The monoisotopic (exact) mass is 269 g/mol. The minimum absolute atomic E-state index is 0.285. The van der Waals surface area contributed by atoms with Gasteiger partial charge in [0.1, 0.15) is 0 Å². The molecule has 0 amide bonds. The maximum atomic E-state index is 4.56. The van der Waals surface area contributed by atoms with Crippen LogP contribution in [0.5, 0.6) is 0 Å². The summed E-state index contributed by atoms with van der Waals surface area (Å²) in [5.41, 5.74) is 5.04. The first-order chi connectivity index (χ1) is 9.78. The van der Waals surface area contributed by atoms with Crippen LogP contribution in [0.1, 0.15) is 42.3 Å². The van der Waals surface area contributed by atoms with E-state index < -0.39 is 0 Å². The summed E-state index contributed by atoms with van der Waals surface area (Å²) < 4.78 is 0. The Bertz CT molecular complexity index is 534. The fourth-order valence-corrected chi connectivity index (χ4v) is 2.43. The van der Waals surface area contributed by atoms with Crippen LogP contribution in [0, 0.1) is 0 Å². The van der Waals surface area contributed by atoms with E-state index >= 15 is 0 Å². The van der Waals surface area contributed by atoms with Crippen molar-refractivity contribution in [3.05, 3.63) is 59.2 Å². The van der Waals surface area contributed by atoms with E-state index in [4.69, 9.17) is 0 Å². The van der Waals surface area contributed by atoms with Gasteiger partial charge in [-0.05, 0) is 48.7 Å². The number of likely N-dealkylation sites (N-methyl/N-ethyl adjacent to an activating group) is 1. The maximum Gasteiger partial charge on any atom is 0.0422 e. The van der Waals surface area contributed by atoms with Crippen molar-refractivity contribution in [2.75, 3.05) is 7.05 Å². The lowest BCUT2D eigenvalue weighted by Gasteiger charge is -2.19. The fraction of sp³-hybridized carbons (Fsp3) is 0.412. The molecule has 0 spiro atoms. The fourth-order valence-electron chi connectivity index (χ4n) is 2.43. The summed E-state index contributed by atoms with van der Waals surface area (Å²) in [7, 11) is 2.00. The van der Waals surface area contributed by atoms with Crippen molar-refractivity contribution >= 4 is 0 Å². The molecule has 3 nitrogen and oxygen atoms in total. The third-order valence-corrected chi connectivity index (χ3v) is 3.75. The number of hydrogen-bond donors (Lipinski definition) is 1. The number of aromatic nitrogens is 2. The Balaban J connectivity index is 2.19. The molecular weight excluding hydrogens is 246 g/mol. The zero-order chi connectivity index (χ0) is 14.4. The van der Waals surface area contributed by atoms with Gasteiger partial charge in [-0.15, -0.1) is 0 Å². The Morgan fingerprint density at radius 1 is 1.10 bits per heavy atom. The molecule has 0 bridgehead atoms. The van der Waals surface area contributed by atoms with Crippen molar-refractivity contribution in [1.29, 1.82) is 0 Å². The van der Waals surface area contributed by atoms with E-state index in [1.165, 1.54) is 16.7 Å². The van der Waals surface area contributed by atoms with Gasteiger partial charge in [-0.25, -0.2) is 0 Å². The van der Waals surface area contributed by atoms with Gasteiger partial charge in [0, 0.05) is 36.7 Å². The first-order valence-electron chi connectivity index (χ1n) is 7.32. The van der Waals surface area contributed by atoms with Gasteiger partial charge < -0.3 is 5.32 Å². The molecule has 0 aliphatic rings. The smallest absolute Gasteiger partial charge is 0.0422 e. The summed E-state index contributed by atoms with van der Waals surface area (Å²) in [5, 5.41) is 3.40. The largest absolute Gasteiger partial charge is 0.313 e. The molecule has 2 heterocycles. The topological polar surface area (TPSA) is 37.8 Å². The van der Waals surface area contributed by atoms with Crippen LogP contribution in [0.2, 0.25) is 0 Å².